The minimum atomic E-state index is -4.46. The van der Waals surface area contributed by atoms with Gasteiger partial charge in [0, 0.05) is 30.1 Å². The number of alkyl halides is 3. The molecule has 6 nitrogen and oxygen atoms in total. The van der Waals surface area contributed by atoms with E-state index in [1.54, 1.807) is 29.6 Å². The molecule has 0 fully saturated rings. The van der Waals surface area contributed by atoms with Crippen LogP contribution in [0.25, 0.3) is 0 Å². The maximum absolute atomic E-state index is 13.9. The van der Waals surface area contributed by atoms with Crippen LogP contribution in [0.1, 0.15) is 32.2 Å². The summed E-state index contributed by atoms with van der Waals surface area (Å²) in [4.78, 5) is 18.9. The largest absolute Gasteiger partial charge is 0.497 e. The number of nitrogens with one attached hydrogen (secondary N) is 1. The zero-order valence-corrected chi connectivity index (χ0v) is 21.9. The van der Waals surface area contributed by atoms with Crippen LogP contribution in [0.4, 0.5) is 23.2 Å². The molecule has 1 amide bonds. The van der Waals surface area contributed by atoms with Crippen molar-refractivity contribution < 1.29 is 31.8 Å². The lowest BCUT2D eigenvalue weighted by Crippen LogP contribution is -2.23. The molecule has 3 aromatic carbocycles. The minimum Gasteiger partial charge on any atom is -0.497 e. The molecule has 1 heterocycles. The zero-order valence-electron chi connectivity index (χ0n) is 21.1. The first kappa shape index (κ1) is 28.1. The predicted octanol–water partition coefficient (Wildman–Crippen LogP) is 6.77. The van der Waals surface area contributed by atoms with E-state index in [1.165, 1.54) is 49.8 Å². The predicted molar refractivity (Wildman–Crippen MR) is 140 cm³/mol. The number of hydrogen-bond acceptors (Lipinski definition) is 6. The van der Waals surface area contributed by atoms with Gasteiger partial charge in [0.15, 0.2) is 0 Å². The average Bonchev–Trinajstić information content (AvgIpc) is 3.38. The standard InChI is InChI=1S/C28H25F4N3O3S/c1-37-21-11-10-19(25(13-21)38-2)15-35(14-18-6-5-7-20(12-18)28(30,31)32)16-26-33-24(17-39-26)27(36)34-23-9-4-3-8-22(23)29/h3-13,17H,14-16H2,1-2H3,(H,34,36). The van der Waals surface area contributed by atoms with E-state index in [4.69, 9.17) is 9.47 Å². The number of carbonyl (C=O) groups is 1. The van der Waals surface area contributed by atoms with E-state index in [0.29, 0.717) is 28.6 Å². The molecule has 0 saturated carbocycles. The quantitative estimate of drug-likeness (QED) is 0.217. The smallest absolute Gasteiger partial charge is 0.416 e. The highest BCUT2D eigenvalue weighted by Crippen LogP contribution is 2.31. The Balaban J connectivity index is 1.57. The molecule has 0 aliphatic heterocycles. The molecule has 0 spiro atoms. The van der Waals surface area contributed by atoms with Crippen molar-refractivity contribution in [3.63, 3.8) is 0 Å². The number of thiazole rings is 1. The summed E-state index contributed by atoms with van der Waals surface area (Å²) < 4.78 is 64.7. The van der Waals surface area contributed by atoms with Crippen LogP contribution in [-0.4, -0.2) is 30.0 Å². The van der Waals surface area contributed by atoms with Gasteiger partial charge < -0.3 is 14.8 Å². The molecule has 11 heteroatoms. The van der Waals surface area contributed by atoms with E-state index >= 15 is 0 Å². The van der Waals surface area contributed by atoms with Crippen LogP contribution >= 0.6 is 11.3 Å². The first-order chi connectivity index (χ1) is 18.7. The Bertz CT molecular complexity index is 1440. The van der Waals surface area contributed by atoms with Gasteiger partial charge in [0.2, 0.25) is 0 Å². The maximum atomic E-state index is 13.9. The lowest BCUT2D eigenvalue weighted by molar-refractivity contribution is -0.137. The van der Waals surface area contributed by atoms with E-state index in [0.717, 1.165) is 17.7 Å². The number of rotatable bonds is 10. The Morgan fingerprint density at radius 3 is 2.49 bits per heavy atom. The normalized spacial score (nSPS) is 11.5. The van der Waals surface area contributed by atoms with Crippen molar-refractivity contribution in [2.75, 3.05) is 19.5 Å². The SMILES string of the molecule is COc1ccc(CN(Cc2cccc(C(F)(F)F)c2)Cc2nc(C(=O)Nc3ccccc3F)cs2)c(OC)c1. The van der Waals surface area contributed by atoms with Crippen LogP contribution in [0.5, 0.6) is 11.5 Å². The highest BCUT2D eigenvalue weighted by molar-refractivity contribution is 7.09. The van der Waals surface area contributed by atoms with Crippen molar-refractivity contribution in [1.29, 1.82) is 0 Å². The van der Waals surface area contributed by atoms with Crippen molar-refractivity contribution in [1.82, 2.24) is 9.88 Å². The zero-order chi connectivity index (χ0) is 28.0. The molecule has 0 bridgehead atoms. The second kappa shape index (κ2) is 12.3. The van der Waals surface area contributed by atoms with Crippen LogP contribution in [-0.2, 0) is 25.8 Å². The summed E-state index contributed by atoms with van der Waals surface area (Å²) >= 11 is 1.23. The maximum Gasteiger partial charge on any atom is 0.416 e. The molecule has 0 saturated heterocycles. The Morgan fingerprint density at radius 1 is 0.974 bits per heavy atom. The van der Waals surface area contributed by atoms with E-state index in [1.807, 2.05) is 11.0 Å². The summed E-state index contributed by atoms with van der Waals surface area (Å²) in [7, 11) is 3.06. The van der Waals surface area contributed by atoms with E-state index in [-0.39, 0.29) is 24.5 Å². The van der Waals surface area contributed by atoms with Crippen molar-refractivity contribution in [3.05, 3.63) is 105 Å². The van der Waals surface area contributed by atoms with Gasteiger partial charge in [-0.15, -0.1) is 11.3 Å². The number of halogens is 4. The summed E-state index contributed by atoms with van der Waals surface area (Å²) in [5.41, 5.74) is 0.670. The first-order valence-corrected chi connectivity index (χ1v) is 12.6. The number of methoxy groups -OCH3 is 2. The number of anilines is 1. The fourth-order valence-electron chi connectivity index (χ4n) is 3.92. The van der Waals surface area contributed by atoms with Gasteiger partial charge in [0.1, 0.15) is 28.0 Å². The van der Waals surface area contributed by atoms with Crippen LogP contribution in [0.3, 0.4) is 0 Å². The summed E-state index contributed by atoms with van der Waals surface area (Å²) in [6.07, 6.45) is -4.46. The van der Waals surface area contributed by atoms with E-state index in [2.05, 4.69) is 10.3 Å². The van der Waals surface area contributed by atoms with Crippen molar-refractivity contribution in [2.24, 2.45) is 0 Å². The number of nitrogens with zero attached hydrogens (tertiary/aromatic N) is 2. The molecule has 39 heavy (non-hydrogen) atoms. The van der Waals surface area contributed by atoms with Gasteiger partial charge in [-0.1, -0.05) is 36.4 Å². The second-order valence-corrected chi connectivity index (χ2v) is 9.52. The third-order valence-electron chi connectivity index (χ3n) is 5.81. The Hall–Kier alpha value is -3.96. The number of para-hydroxylation sites is 1. The molecule has 4 rings (SSSR count). The van der Waals surface area contributed by atoms with Crippen molar-refractivity contribution in [2.45, 2.75) is 25.8 Å². The molecule has 0 unspecified atom stereocenters. The van der Waals surface area contributed by atoms with Gasteiger partial charge in [-0.05, 0) is 29.8 Å². The number of amides is 1. The number of hydrogen-bond donors (Lipinski definition) is 1. The third kappa shape index (κ3) is 7.33. The average molecular weight is 560 g/mol. The van der Waals surface area contributed by atoms with Gasteiger partial charge in [-0.25, -0.2) is 9.37 Å². The van der Waals surface area contributed by atoms with Crippen LogP contribution in [0.2, 0.25) is 0 Å². The van der Waals surface area contributed by atoms with E-state index in [9.17, 15) is 22.4 Å². The van der Waals surface area contributed by atoms with Gasteiger partial charge in [0.25, 0.3) is 5.91 Å². The summed E-state index contributed by atoms with van der Waals surface area (Å²) in [5.74, 6) is 0.0313. The fraction of sp³-hybridized carbons (Fsp3) is 0.214. The molecule has 1 N–H and O–H groups in total. The molecular formula is C28H25F4N3O3S. The molecule has 0 radical (unpaired) electrons. The number of ether oxygens (including phenoxy) is 2. The Kier molecular flexibility index (Phi) is 8.82. The summed E-state index contributed by atoms with van der Waals surface area (Å²) in [6, 6.07) is 16.3. The van der Waals surface area contributed by atoms with Gasteiger partial charge >= 0.3 is 6.18 Å². The topological polar surface area (TPSA) is 63.7 Å². The monoisotopic (exact) mass is 559 g/mol. The lowest BCUT2D eigenvalue weighted by atomic mass is 10.1. The third-order valence-corrected chi connectivity index (χ3v) is 6.65. The van der Waals surface area contributed by atoms with Crippen molar-refractivity contribution in [3.8, 4) is 11.5 Å². The highest BCUT2D eigenvalue weighted by atomic mass is 32.1. The number of carbonyl (C=O) groups excluding carboxylic acids is 1. The number of aromatic nitrogens is 1. The van der Waals surface area contributed by atoms with E-state index < -0.39 is 23.5 Å². The Labute approximate surface area is 226 Å². The number of benzene rings is 3. The second-order valence-electron chi connectivity index (χ2n) is 8.58. The molecule has 4 aromatic rings. The molecule has 0 aliphatic rings. The van der Waals surface area contributed by atoms with Gasteiger partial charge in [-0.3, -0.25) is 9.69 Å². The van der Waals surface area contributed by atoms with Gasteiger partial charge in [0.05, 0.1) is 32.0 Å². The lowest BCUT2D eigenvalue weighted by Gasteiger charge is -2.23. The molecule has 0 atom stereocenters. The highest BCUT2D eigenvalue weighted by Gasteiger charge is 2.30. The summed E-state index contributed by atoms with van der Waals surface area (Å²) in [5, 5.41) is 4.62. The van der Waals surface area contributed by atoms with Crippen LogP contribution < -0.4 is 14.8 Å². The first-order valence-electron chi connectivity index (χ1n) is 11.8. The molecular weight excluding hydrogens is 534 g/mol. The van der Waals surface area contributed by atoms with Crippen LogP contribution in [0, 0.1) is 5.82 Å². The minimum absolute atomic E-state index is 0.0369. The Morgan fingerprint density at radius 2 is 1.77 bits per heavy atom. The van der Waals surface area contributed by atoms with Crippen LogP contribution in [0.15, 0.2) is 72.1 Å². The summed E-state index contributed by atoms with van der Waals surface area (Å²) in [6.45, 7) is 0.734. The fourth-order valence-corrected chi connectivity index (χ4v) is 4.74. The molecule has 1 aromatic heterocycles. The molecule has 0 aliphatic carbocycles. The van der Waals surface area contributed by atoms with Gasteiger partial charge in [-0.2, -0.15) is 13.2 Å². The molecule has 204 valence electrons. The van der Waals surface area contributed by atoms with Crippen molar-refractivity contribution >= 4 is 22.9 Å².